The van der Waals surface area contributed by atoms with E-state index < -0.39 is 17.8 Å². The van der Waals surface area contributed by atoms with E-state index in [4.69, 9.17) is 11.5 Å². The minimum Gasteiger partial charge on any atom is -0.383 e. The summed E-state index contributed by atoms with van der Waals surface area (Å²) in [5, 5.41) is 6.01. The first kappa shape index (κ1) is 21.2. The number of nitrogen functional groups attached to an aromatic ring is 1. The number of benzene rings is 2. The summed E-state index contributed by atoms with van der Waals surface area (Å²) in [7, 11) is 0. The number of fused-ring (bicyclic) bond motifs is 1. The van der Waals surface area contributed by atoms with Crippen LogP contribution in [0.2, 0.25) is 0 Å². The predicted molar refractivity (Wildman–Crippen MR) is 124 cm³/mol. The van der Waals surface area contributed by atoms with Gasteiger partial charge in [-0.1, -0.05) is 18.2 Å². The van der Waals surface area contributed by atoms with E-state index in [0.29, 0.717) is 23.6 Å². The van der Waals surface area contributed by atoms with Gasteiger partial charge in [-0.2, -0.15) is 0 Å². The zero-order valence-electron chi connectivity index (χ0n) is 16.8. The molecule has 162 valence electrons. The van der Waals surface area contributed by atoms with E-state index in [9.17, 15) is 14.0 Å². The summed E-state index contributed by atoms with van der Waals surface area (Å²) in [5.41, 5.74) is 14.0. The number of anilines is 3. The molecule has 0 saturated heterocycles. The maximum absolute atomic E-state index is 13.3. The third kappa shape index (κ3) is 4.65. The first-order valence-corrected chi connectivity index (χ1v) is 10.5. The van der Waals surface area contributed by atoms with Gasteiger partial charge in [-0.25, -0.2) is 19.2 Å². The smallest absolute Gasteiger partial charge is 0.323 e. The van der Waals surface area contributed by atoms with Gasteiger partial charge in [0.1, 0.15) is 22.8 Å². The second-order valence-electron chi connectivity index (χ2n) is 6.97. The molecule has 0 unspecified atom stereocenters. The highest BCUT2D eigenvalue weighted by Crippen LogP contribution is 2.40. The van der Waals surface area contributed by atoms with Crippen molar-refractivity contribution in [1.82, 2.24) is 9.97 Å². The fourth-order valence-corrected chi connectivity index (χ4v) is 4.47. The van der Waals surface area contributed by atoms with E-state index in [1.54, 1.807) is 18.2 Å². The fourth-order valence-electron chi connectivity index (χ4n) is 3.30. The lowest BCUT2D eigenvalue weighted by Crippen LogP contribution is -2.19. The van der Waals surface area contributed by atoms with Crippen LogP contribution in [0.25, 0.3) is 21.3 Å². The minimum atomic E-state index is -0.496. The molecule has 0 radical (unpaired) electrons. The molecule has 0 atom stereocenters. The van der Waals surface area contributed by atoms with Gasteiger partial charge in [0.25, 0.3) is 0 Å². The van der Waals surface area contributed by atoms with Crippen LogP contribution < -0.4 is 22.1 Å². The predicted octanol–water partition coefficient (Wildman–Crippen LogP) is 4.14. The summed E-state index contributed by atoms with van der Waals surface area (Å²) >= 11 is 1.44. The third-order valence-electron chi connectivity index (χ3n) is 4.70. The number of carbonyl (C=O) groups excluding carboxylic acids is 2. The van der Waals surface area contributed by atoms with Crippen LogP contribution in [0, 0.1) is 5.82 Å². The average molecular weight is 450 g/mol. The molecule has 3 amide bonds. The fraction of sp³-hybridized carbons (Fsp3) is 0.0909. The highest BCUT2D eigenvalue weighted by atomic mass is 32.1. The summed E-state index contributed by atoms with van der Waals surface area (Å²) in [6, 6.07) is 12.3. The van der Waals surface area contributed by atoms with Crippen molar-refractivity contribution in [2.45, 2.75) is 12.8 Å². The van der Waals surface area contributed by atoms with Crippen molar-refractivity contribution in [1.29, 1.82) is 0 Å². The maximum atomic E-state index is 13.3. The molecule has 2 aromatic carbocycles. The van der Waals surface area contributed by atoms with Crippen LogP contribution in [0.4, 0.5) is 26.4 Å². The normalized spacial score (nSPS) is 10.8. The summed E-state index contributed by atoms with van der Waals surface area (Å²) < 4.78 is 13.3. The second kappa shape index (κ2) is 8.98. The Labute approximate surface area is 186 Å². The lowest BCUT2D eigenvalue weighted by atomic mass is 10.0. The largest absolute Gasteiger partial charge is 0.383 e. The summed E-state index contributed by atoms with van der Waals surface area (Å²) in [6.07, 6.45) is 2.06. The molecule has 4 aromatic rings. The SMILES string of the molecule is NC(=O)CCc1sc2ncnc(N)c2c1-c1ccc(NC(=O)Nc2cccc(F)c2)cc1. The van der Waals surface area contributed by atoms with Gasteiger partial charge in [-0.15, -0.1) is 11.3 Å². The summed E-state index contributed by atoms with van der Waals surface area (Å²) in [6.45, 7) is 0. The van der Waals surface area contributed by atoms with Gasteiger partial charge in [0.05, 0.1) is 5.39 Å². The van der Waals surface area contributed by atoms with E-state index >= 15 is 0 Å². The molecule has 2 aromatic heterocycles. The van der Waals surface area contributed by atoms with Gasteiger partial charge in [-0.3, -0.25) is 4.79 Å². The molecule has 0 aliphatic rings. The number of urea groups is 1. The van der Waals surface area contributed by atoms with Gasteiger partial charge in [0.2, 0.25) is 5.91 Å². The number of carbonyl (C=O) groups is 2. The van der Waals surface area contributed by atoms with Crippen molar-refractivity contribution in [3.05, 3.63) is 65.6 Å². The Kier molecular flexibility index (Phi) is 5.95. The zero-order valence-corrected chi connectivity index (χ0v) is 17.6. The van der Waals surface area contributed by atoms with Crippen LogP contribution in [-0.2, 0) is 11.2 Å². The Bertz CT molecular complexity index is 1310. The monoisotopic (exact) mass is 450 g/mol. The standard InChI is InChI=1S/C22H19FN6O2S/c23-13-2-1-3-15(10-13)29-22(31)28-14-6-4-12(5-7-14)18-16(8-9-17(24)30)32-21-19(18)20(25)26-11-27-21/h1-7,10-11H,8-9H2,(H2,24,30)(H2,25,26,27)(H2,28,29,31). The molecule has 0 aliphatic carbocycles. The molecular formula is C22H19FN6O2S. The second-order valence-corrected chi connectivity index (χ2v) is 8.06. The summed E-state index contributed by atoms with van der Waals surface area (Å²) in [4.78, 5) is 33.6. The number of nitrogens with one attached hydrogen (secondary N) is 2. The number of nitrogens with zero attached hydrogens (tertiary/aromatic N) is 2. The average Bonchev–Trinajstić information content (AvgIpc) is 3.12. The maximum Gasteiger partial charge on any atom is 0.323 e. The van der Waals surface area contributed by atoms with Crippen LogP contribution in [0.3, 0.4) is 0 Å². The van der Waals surface area contributed by atoms with Gasteiger partial charge >= 0.3 is 6.03 Å². The number of amides is 3. The number of rotatable bonds is 6. The van der Waals surface area contributed by atoms with Crippen molar-refractivity contribution < 1.29 is 14.0 Å². The van der Waals surface area contributed by atoms with Crippen molar-refractivity contribution in [3.8, 4) is 11.1 Å². The molecule has 32 heavy (non-hydrogen) atoms. The van der Waals surface area contributed by atoms with Crippen molar-refractivity contribution >= 4 is 50.7 Å². The van der Waals surface area contributed by atoms with Crippen molar-refractivity contribution in [3.63, 3.8) is 0 Å². The molecule has 0 aliphatic heterocycles. The Hall–Kier alpha value is -4.05. The first-order valence-electron chi connectivity index (χ1n) is 9.65. The lowest BCUT2D eigenvalue weighted by molar-refractivity contribution is -0.117. The van der Waals surface area contributed by atoms with E-state index in [2.05, 4.69) is 20.6 Å². The minimum absolute atomic E-state index is 0.201. The van der Waals surface area contributed by atoms with E-state index in [-0.39, 0.29) is 6.42 Å². The van der Waals surface area contributed by atoms with E-state index in [0.717, 1.165) is 26.2 Å². The first-order chi connectivity index (χ1) is 15.4. The highest BCUT2D eigenvalue weighted by molar-refractivity contribution is 7.19. The summed E-state index contributed by atoms with van der Waals surface area (Å²) in [5.74, 6) is -0.481. The lowest BCUT2D eigenvalue weighted by Gasteiger charge is -2.10. The van der Waals surface area contributed by atoms with E-state index in [1.165, 1.54) is 35.9 Å². The molecule has 2 heterocycles. The van der Waals surface area contributed by atoms with Crippen LogP contribution in [0.15, 0.2) is 54.9 Å². The number of aryl methyl sites for hydroxylation is 1. The quantitative estimate of drug-likeness (QED) is 0.350. The van der Waals surface area contributed by atoms with E-state index in [1.807, 2.05) is 12.1 Å². The molecule has 0 bridgehead atoms. The number of primary amides is 1. The van der Waals surface area contributed by atoms with Crippen LogP contribution >= 0.6 is 11.3 Å². The molecule has 0 fully saturated rings. The van der Waals surface area contributed by atoms with Crippen molar-refractivity contribution in [2.75, 3.05) is 16.4 Å². The van der Waals surface area contributed by atoms with Crippen LogP contribution in [0.1, 0.15) is 11.3 Å². The van der Waals surface area contributed by atoms with Crippen molar-refractivity contribution in [2.24, 2.45) is 5.73 Å². The van der Waals surface area contributed by atoms with Gasteiger partial charge in [0.15, 0.2) is 0 Å². The Morgan fingerprint density at radius 2 is 1.78 bits per heavy atom. The zero-order chi connectivity index (χ0) is 22.7. The number of halogens is 1. The van der Waals surface area contributed by atoms with Gasteiger partial charge in [0, 0.05) is 28.2 Å². The molecule has 0 saturated carbocycles. The van der Waals surface area contributed by atoms with Crippen LogP contribution in [0.5, 0.6) is 0 Å². The number of hydrogen-bond acceptors (Lipinski definition) is 6. The molecule has 8 nitrogen and oxygen atoms in total. The topological polar surface area (TPSA) is 136 Å². The molecule has 0 spiro atoms. The molecular weight excluding hydrogens is 431 g/mol. The number of thiophene rings is 1. The Morgan fingerprint density at radius 1 is 1.03 bits per heavy atom. The number of aromatic nitrogens is 2. The Balaban J connectivity index is 1.59. The number of nitrogens with two attached hydrogens (primary N) is 2. The van der Waals surface area contributed by atoms with Gasteiger partial charge in [-0.05, 0) is 42.3 Å². The number of hydrogen-bond donors (Lipinski definition) is 4. The van der Waals surface area contributed by atoms with Crippen LogP contribution in [-0.4, -0.2) is 21.9 Å². The highest BCUT2D eigenvalue weighted by Gasteiger charge is 2.18. The molecule has 4 rings (SSSR count). The molecule has 6 N–H and O–H groups in total. The Morgan fingerprint density at radius 3 is 2.50 bits per heavy atom. The molecule has 10 heteroatoms. The third-order valence-corrected chi connectivity index (χ3v) is 5.86. The van der Waals surface area contributed by atoms with Gasteiger partial charge < -0.3 is 22.1 Å².